The molecule has 0 saturated carbocycles. The van der Waals surface area contributed by atoms with Gasteiger partial charge in [0.15, 0.2) is 5.96 Å². The van der Waals surface area contributed by atoms with Gasteiger partial charge in [0.1, 0.15) is 5.75 Å². The number of guanidine groups is 1. The van der Waals surface area contributed by atoms with Crippen LogP contribution in [0.3, 0.4) is 0 Å². The smallest absolute Gasteiger partial charge is 0.193 e. The first kappa shape index (κ1) is 12.7. The van der Waals surface area contributed by atoms with Gasteiger partial charge in [0.25, 0.3) is 0 Å². The maximum atomic E-state index is 5.81. The van der Waals surface area contributed by atoms with E-state index in [1.54, 1.807) is 7.11 Å². The van der Waals surface area contributed by atoms with Crippen LogP contribution < -0.4 is 15.8 Å². The highest BCUT2D eigenvalue weighted by Crippen LogP contribution is 2.15. The minimum atomic E-state index is 0.223. The van der Waals surface area contributed by atoms with E-state index in [1.807, 2.05) is 24.3 Å². The minimum Gasteiger partial charge on any atom is -0.497 e. The minimum absolute atomic E-state index is 0.223. The van der Waals surface area contributed by atoms with Crippen molar-refractivity contribution in [3.63, 3.8) is 0 Å². The number of nitrogens with zero attached hydrogens (tertiary/aromatic N) is 1. The number of ether oxygens (including phenoxy) is 2. The summed E-state index contributed by atoms with van der Waals surface area (Å²) >= 11 is 0. The summed E-state index contributed by atoms with van der Waals surface area (Å²) in [5.41, 5.74) is 6.70. The normalized spacial score (nSPS) is 19.8. The Labute approximate surface area is 107 Å². The predicted octanol–water partition coefficient (Wildman–Crippen LogP) is 1.60. The first-order chi connectivity index (χ1) is 8.78. The Morgan fingerprint density at radius 2 is 2.28 bits per heavy atom. The molecule has 2 rings (SSSR count). The summed E-state index contributed by atoms with van der Waals surface area (Å²) < 4.78 is 10.6. The van der Waals surface area contributed by atoms with Gasteiger partial charge >= 0.3 is 0 Å². The monoisotopic (exact) mass is 249 g/mol. The molecular formula is C13H19N3O2. The molecule has 0 bridgehead atoms. The fraction of sp³-hybridized carbons (Fsp3) is 0.462. The topological polar surface area (TPSA) is 68.9 Å². The second kappa shape index (κ2) is 6.26. The third-order valence-corrected chi connectivity index (χ3v) is 2.85. The van der Waals surface area contributed by atoms with Crippen LogP contribution >= 0.6 is 0 Å². The van der Waals surface area contributed by atoms with Crippen LogP contribution in [0.1, 0.15) is 12.8 Å². The van der Waals surface area contributed by atoms with Gasteiger partial charge in [0, 0.05) is 12.3 Å². The van der Waals surface area contributed by atoms with Crippen LogP contribution in [0.4, 0.5) is 5.69 Å². The van der Waals surface area contributed by atoms with Gasteiger partial charge in [-0.15, -0.1) is 0 Å². The van der Waals surface area contributed by atoms with Gasteiger partial charge in [-0.05, 0) is 37.1 Å². The first-order valence-corrected chi connectivity index (χ1v) is 6.10. The lowest BCUT2D eigenvalue weighted by Crippen LogP contribution is -2.24. The van der Waals surface area contributed by atoms with Crippen molar-refractivity contribution < 1.29 is 9.47 Å². The molecule has 1 aromatic carbocycles. The van der Waals surface area contributed by atoms with Gasteiger partial charge < -0.3 is 20.5 Å². The van der Waals surface area contributed by atoms with E-state index in [9.17, 15) is 0 Å². The Kier molecular flexibility index (Phi) is 4.41. The lowest BCUT2D eigenvalue weighted by Gasteiger charge is -2.08. The van der Waals surface area contributed by atoms with Crippen molar-refractivity contribution in [2.45, 2.75) is 18.9 Å². The summed E-state index contributed by atoms with van der Waals surface area (Å²) in [5.74, 6) is 1.23. The molecule has 1 aromatic rings. The van der Waals surface area contributed by atoms with Crippen LogP contribution in [0.5, 0.6) is 5.75 Å². The molecule has 1 heterocycles. The van der Waals surface area contributed by atoms with E-state index in [4.69, 9.17) is 15.2 Å². The zero-order valence-electron chi connectivity index (χ0n) is 10.6. The first-order valence-electron chi connectivity index (χ1n) is 6.10. The third kappa shape index (κ3) is 3.63. The fourth-order valence-electron chi connectivity index (χ4n) is 1.85. The molecule has 18 heavy (non-hydrogen) atoms. The summed E-state index contributed by atoms with van der Waals surface area (Å²) in [6.45, 7) is 1.46. The largest absolute Gasteiger partial charge is 0.497 e. The predicted molar refractivity (Wildman–Crippen MR) is 72.1 cm³/mol. The van der Waals surface area contributed by atoms with Crippen LogP contribution in [-0.2, 0) is 4.74 Å². The summed E-state index contributed by atoms with van der Waals surface area (Å²) in [6, 6.07) is 7.53. The van der Waals surface area contributed by atoms with Gasteiger partial charge in [-0.1, -0.05) is 0 Å². The number of nitrogens with one attached hydrogen (secondary N) is 1. The number of nitrogens with two attached hydrogens (primary N) is 1. The van der Waals surface area contributed by atoms with E-state index in [1.165, 1.54) is 0 Å². The molecule has 1 saturated heterocycles. The van der Waals surface area contributed by atoms with E-state index in [-0.39, 0.29) is 6.10 Å². The molecule has 5 nitrogen and oxygen atoms in total. The zero-order chi connectivity index (χ0) is 12.8. The molecular weight excluding hydrogens is 230 g/mol. The van der Waals surface area contributed by atoms with Gasteiger partial charge in [-0.2, -0.15) is 0 Å². The molecule has 0 aliphatic carbocycles. The van der Waals surface area contributed by atoms with Crippen molar-refractivity contribution in [3.05, 3.63) is 24.3 Å². The molecule has 1 fully saturated rings. The van der Waals surface area contributed by atoms with Crippen LogP contribution in [0, 0.1) is 0 Å². The molecule has 0 spiro atoms. The molecule has 0 amide bonds. The molecule has 0 aromatic heterocycles. The van der Waals surface area contributed by atoms with Crippen LogP contribution in [-0.4, -0.2) is 32.3 Å². The van der Waals surface area contributed by atoms with E-state index in [0.29, 0.717) is 12.5 Å². The van der Waals surface area contributed by atoms with Crippen LogP contribution in [0.25, 0.3) is 0 Å². The Balaban J connectivity index is 1.84. The zero-order valence-corrected chi connectivity index (χ0v) is 10.6. The average Bonchev–Trinajstić information content (AvgIpc) is 2.90. The molecule has 1 aliphatic rings. The highest BCUT2D eigenvalue weighted by molar-refractivity contribution is 5.92. The molecule has 98 valence electrons. The van der Waals surface area contributed by atoms with Gasteiger partial charge in [0.05, 0.1) is 19.8 Å². The van der Waals surface area contributed by atoms with Crippen molar-refractivity contribution in [2.75, 3.05) is 25.6 Å². The number of rotatable bonds is 4. The van der Waals surface area contributed by atoms with E-state index in [0.717, 1.165) is 30.9 Å². The van der Waals surface area contributed by atoms with E-state index >= 15 is 0 Å². The quantitative estimate of drug-likeness (QED) is 0.628. The second-order valence-electron chi connectivity index (χ2n) is 4.21. The van der Waals surface area contributed by atoms with Gasteiger partial charge in [-0.3, -0.25) is 4.99 Å². The van der Waals surface area contributed by atoms with Crippen molar-refractivity contribution in [2.24, 2.45) is 10.7 Å². The molecule has 5 heteroatoms. The fourth-order valence-corrected chi connectivity index (χ4v) is 1.85. The van der Waals surface area contributed by atoms with E-state index in [2.05, 4.69) is 10.3 Å². The third-order valence-electron chi connectivity index (χ3n) is 2.85. The SMILES string of the molecule is COc1ccc(NC(N)=NCC2CCCO2)cc1. The molecule has 1 unspecified atom stereocenters. The number of methoxy groups -OCH3 is 1. The number of hydrogen-bond donors (Lipinski definition) is 2. The lowest BCUT2D eigenvalue weighted by molar-refractivity contribution is 0.118. The van der Waals surface area contributed by atoms with Crippen molar-refractivity contribution in [1.82, 2.24) is 0 Å². The Morgan fingerprint density at radius 1 is 1.50 bits per heavy atom. The van der Waals surface area contributed by atoms with Gasteiger partial charge in [0.2, 0.25) is 0 Å². The standard InChI is InChI=1S/C13H19N3O2/c1-17-11-6-4-10(5-7-11)16-13(14)15-9-12-3-2-8-18-12/h4-7,12H,2-3,8-9H2,1H3,(H3,14,15,16). The highest BCUT2D eigenvalue weighted by atomic mass is 16.5. The van der Waals surface area contributed by atoms with E-state index < -0.39 is 0 Å². The Bertz CT molecular complexity index is 397. The molecule has 0 radical (unpaired) electrons. The maximum absolute atomic E-state index is 5.81. The summed E-state index contributed by atoms with van der Waals surface area (Å²) in [7, 11) is 1.64. The summed E-state index contributed by atoms with van der Waals surface area (Å²) in [4.78, 5) is 4.27. The summed E-state index contributed by atoms with van der Waals surface area (Å²) in [6.07, 6.45) is 2.41. The van der Waals surface area contributed by atoms with Crippen molar-refractivity contribution >= 4 is 11.6 Å². The Morgan fingerprint density at radius 3 is 2.89 bits per heavy atom. The van der Waals surface area contributed by atoms with Crippen LogP contribution in [0.15, 0.2) is 29.3 Å². The number of aliphatic imine (C=N–C) groups is 1. The molecule has 1 atom stereocenters. The number of anilines is 1. The summed E-state index contributed by atoms with van der Waals surface area (Å²) in [5, 5.41) is 3.03. The average molecular weight is 249 g/mol. The Hall–Kier alpha value is -1.75. The second-order valence-corrected chi connectivity index (χ2v) is 4.21. The number of hydrogen-bond acceptors (Lipinski definition) is 3. The lowest BCUT2D eigenvalue weighted by atomic mass is 10.2. The van der Waals surface area contributed by atoms with Crippen LogP contribution in [0.2, 0.25) is 0 Å². The van der Waals surface area contributed by atoms with Gasteiger partial charge in [-0.25, -0.2) is 0 Å². The highest BCUT2D eigenvalue weighted by Gasteiger charge is 2.14. The molecule has 3 N–H and O–H groups in total. The maximum Gasteiger partial charge on any atom is 0.193 e. The molecule has 1 aliphatic heterocycles. The van der Waals surface area contributed by atoms with Crippen molar-refractivity contribution in [1.29, 1.82) is 0 Å². The number of benzene rings is 1. The van der Waals surface area contributed by atoms with Crippen molar-refractivity contribution in [3.8, 4) is 5.75 Å².